The molecule has 6 nitrogen and oxygen atoms in total. The average molecular weight is 210 g/mol. The van der Waals surface area contributed by atoms with E-state index in [4.69, 9.17) is 26.2 Å². The fourth-order valence-electron chi connectivity index (χ4n) is 0.406. The van der Waals surface area contributed by atoms with Crippen molar-refractivity contribution in [2.45, 2.75) is 18.9 Å². The predicted molar refractivity (Wildman–Crippen MR) is 53.6 cm³/mol. The van der Waals surface area contributed by atoms with Crippen LogP contribution in [0.25, 0.3) is 0 Å². The maximum absolute atomic E-state index is 8.34. The Morgan fingerprint density at radius 1 is 1.07 bits per heavy atom. The van der Waals surface area contributed by atoms with Crippen molar-refractivity contribution in [3.63, 3.8) is 0 Å². The minimum atomic E-state index is -1.21. The summed E-state index contributed by atoms with van der Waals surface area (Å²) >= 11 is 0. The molecule has 0 spiro atoms. The number of aliphatic hydroxyl groups is 4. The predicted octanol–water partition coefficient (Wildman–Crippen LogP) is -2.40. The molecule has 88 valence electrons. The Hall–Kier alpha value is -0.240. The topological polar surface area (TPSA) is 119 Å². The van der Waals surface area contributed by atoms with Crippen LogP contribution in [0.3, 0.4) is 0 Å². The SMILES string of the molecule is CCCNCO.NC(CO)(CO)CO. The molecule has 0 fully saturated rings. The summed E-state index contributed by atoms with van der Waals surface area (Å²) < 4.78 is 0. The van der Waals surface area contributed by atoms with E-state index >= 15 is 0 Å². The lowest BCUT2D eigenvalue weighted by molar-refractivity contribution is 0.0698. The van der Waals surface area contributed by atoms with Crippen molar-refractivity contribution in [2.24, 2.45) is 5.73 Å². The first-order chi connectivity index (χ1) is 6.60. The molecule has 0 radical (unpaired) electrons. The zero-order valence-electron chi connectivity index (χ0n) is 8.61. The average Bonchev–Trinajstić information content (AvgIpc) is 2.26. The highest BCUT2D eigenvalue weighted by Crippen LogP contribution is 1.93. The van der Waals surface area contributed by atoms with Gasteiger partial charge in [-0.3, -0.25) is 5.32 Å². The van der Waals surface area contributed by atoms with Gasteiger partial charge in [0.15, 0.2) is 0 Å². The van der Waals surface area contributed by atoms with E-state index in [0.717, 1.165) is 13.0 Å². The third-order valence-corrected chi connectivity index (χ3v) is 1.48. The van der Waals surface area contributed by atoms with Crippen LogP contribution in [0.5, 0.6) is 0 Å². The van der Waals surface area contributed by atoms with Gasteiger partial charge in [0.1, 0.15) is 0 Å². The highest BCUT2D eigenvalue weighted by Gasteiger charge is 2.20. The van der Waals surface area contributed by atoms with E-state index in [9.17, 15) is 0 Å². The maximum atomic E-state index is 8.34. The van der Waals surface area contributed by atoms with E-state index in [0.29, 0.717) is 0 Å². The van der Waals surface area contributed by atoms with Crippen LogP contribution in [0.2, 0.25) is 0 Å². The van der Waals surface area contributed by atoms with Crippen LogP contribution >= 0.6 is 0 Å². The quantitative estimate of drug-likeness (QED) is 0.215. The lowest BCUT2D eigenvalue weighted by Gasteiger charge is -2.20. The molecule has 0 saturated heterocycles. The fourth-order valence-corrected chi connectivity index (χ4v) is 0.406. The minimum absolute atomic E-state index is 0.105. The molecule has 0 aliphatic rings. The third-order valence-electron chi connectivity index (χ3n) is 1.48. The van der Waals surface area contributed by atoms with Crippen molar-refractivity contribution in [2.75, 3.05) is 33.1 Å². The zero-order chi connectivity index (χ0) is 11.4. The smallest absolute Gasteiger partial charge is 0.0931 e. The Balaban J connectivity index is 0. The molecule has 0 saturated carbocycles. The van der Waals surface area contributed by atoms with Gasteiger partial charge in [-0.1, -0.05) is 6.92 Å². The first-order valence-electron chi connectivity index (χ1n) is 4.53. The molecule has 0 amide bonds. The van der Waals surface area contributed by atoms with E-state index in [-0.39, 0.29) is 6.73 Å². The summed E-state index contributed by atoms with van der Waals surface area (Å²) in [4.78, 5) is 0. The van der Waals surface area contributed by atoms with Gasteiger partial charge in [0.05, 0.1) is 32.1 Å². The number of hydrogen-bond donors (Lipinski definition) is 6. The molecule has 0 aliphatic heterocycles. The Kier molecular flexibility index (Phi) is 12.5. The van der Waals surface area contributed by atoms with Crippen LogP contribution in [-0.2, 0) is 0 Å². The van der Waals surface area contributed by atoms with E-state index in [1.807, 2.05) is 0 Å². The van der Waals surface area contributed by atoms with Crippen LogP contribution in [0.15, 0.2) is 0 Å². The molecule has 7 N–H and O–H groups in total. The van der Waals surface area contributed by atoms with Gasteiger partial charge in [-0.25, -0.2) is 0 Å². The molecule has 0 heterocycles. The van der Waals surface area contributed by atoms with Crippen molar-refractivity contribution in [1.82, 2.24) is 5.32 Å². The molecule has 0 atom stereocenters. The Labute approximate surface area is 84.4 Å². The molecule has 6 heteroatoms. The molecule has 0 aliphatic carbocycles. The molecule has 0 aromatic rings. The number of nitrogens with two attached hydrogens (primary N) is 1. The largest absolute Gasteiger partial charge is 0.394 e. The van der Waals surface area contributed by atoms with Crippen molar-refractivity contribution < 1.29 is 20.4 Å². The summed E-state index contributed by atoms with van der Waals surface area (Å²) in [5.74, 6) is 0. The van der Waals surface area contributed by atoms with Crippen LogP contribution in [0, 0.1) is 0 Å². The lowest BCUT2D eigenvalue weighted by Crippen LogP contribution is -2.50. The Morgan fingerprint density at radius 2 is 1.50 bits per heavy atom. The molecule has 14 heavy (non-hydrogen) atoms. The van der Waals surface area contributed by atoms with Crippen molar-refractivity contribution in [3.8, 4) is 0 Å². The Morgan fingerprint density at radius 3 is 1.57 bits per heavy atom. The molecule has 0 rings (SSSR count). The van der Waals surface area contributed by atoms with Gasteiger partial charge in [0.2, 0.25) is 0 Å². The van der Waals surface area contributed by atoms with Gasteiger partial charge in [0.25, 0.3) is 0 Å². The molecule has 0 aromatic heterocycles. The van der Waals surface area contributed by atoms with Gasteiger partial charge >= 0.3 is 0 Å². The molecule has 0 unspecified atom stereocenters. The van der Waals surface area contributed by atoms with E-state index in [1.54, 1.807) is 0 Å². The Bertz CT molecular complexity index is 97.2. The summed E-state index contributed by atoms with van der Waals surface area (Å²) in [5, 5.41) is 35.9. The number of nitrogens with one attached hydrogen (secondary N) is 1. The van der Waals surface area contributed by atoms with Gasteiger partial charge in [0, 0.05) is 0 Å². The molecule has 0 bridgehead atoms. The maximum Gasteiger partial charge on any atom is 0.0931 e. The molecular weight excluding hydrogens is 188 g/mol. The normalized spacial score (nSPS) is 10.7. The van der Waals surface area contributed by atoms with Crippen LogP contribution in [0.1, 0.15) is 13.3 Å². The zero-order valence-corrected chi connectivity index (χ0v) is 8.61. The number of rotatable bonds is 6. The van der Waals surface area contributed by atoms with Gasteiger partial charge in [-0.15, -0.1) is 0 Å². The van der Waals surface area contributed by atoms with Crippen molar-refractivity contribution >= 4 is 0 Å². The summed E-state index contributed by atoms with van der Waals surface area (Å²) in [5.41, 5.74) is 3.94. The minimum Gasteiger partial charge on any atom is -0.394 e. The van der Waals surface area contributed by atoms with Crippen molar-refractivity contribution in [1.29, 1.82) is 0 Å². The monoisotopic (exact) mass is 210 g/mol. The second kappa shape index (κ2) is 10.8. The highest BCUT2D eigenvalue weighted by molar-refractivity contribution is 4.80. The first-order valence-corrected chi connectivity index (χ1v) is 4.53. The standard InChI is InChI=1S/C4H11NO3.C4H11NO/c5-4(1-6,2-7)3-8;1-2-3-5-4-6/h6-8H,1-3,5H2;5-6H,2-4H2,1H3. The summed E-state index contributed by atoms with van der Waals surface area (Å²) in [7, 11) is 0. The van der Waals surface area contributed by atoms with Crippen LogP contribution in [0.4, 0.5) is 0 Å². The molecule has 0 aromatic carbocycles. The van der Waals surface area contributed by atoms with Crippen molar-refractivity contribution in [3.05, 3.63) is 0 Å². The second-order valence-corrected chi connectivity index (χ2v) is 2.99. The number of hydrogen-bond acceptors (Lipinski definition) is 6. The van der Waals surface area contributed by atoms with Gasteiger partial charge in [-0.05, 0) is 13.0 Å². The van der Waals surface area contributed by atoms with Gasteiger partial charge < -0.3 is 26.2 Å². The lowest BCUT2D eigenvalue weighted by atomic mass is 10.1. The van der Waals surface area contributed by atoms with E-state index in [2.05, 4.69) is 12.2 Å². The third kappa shape index (κ3) is 9.85. The fraction of sp³-hybridized carbons (Fsp3) is 1.00. The molecular formula is C8H22N2O4. The summed E-state index contributed by atoms with van der Waals surface area (Å²) in [6.07, 6.45) is 1.08. The van der Waals surface area contributed by atoms with Gasteiger partial charge in [-0.2, -0.15) is 0 Å². The van der Waals surface area contributed by atoms with Crippen LogP contribution < -0.4 is 11.1 Å². The number of aliphatic hydroxyl groups excluding tert-OH is 4. The first kappa shape index (κ1) is 16.2. The highest BCUT2D eigenvalue weighted by atomic mass is 16.3. The van der Waals surface area contributed by atoms with E-state index < -0.39 is 25.4 Å². The van der Waals surface area contributed by atoms with Crippen LogP contribution in [-0.4, -0.2) is 59.1 Å². The second-order valence-electron chi connectivity index (χ2n) is 2.99. The van der Waals surface area contributed by atoms with E-state index in [1.165, 1.54) is 0 Å². The summed E-state index contributed by atoms with van der Waals surface area (Å²) in [6, 6.07) is 0. The summed E-state index contributed by atoms with van der Waals surface area (Å²) in [6.45, 7) is 1.87.